The first-order chi connectivity index (χ1) is 11.0. The van der Waals surface area contributed by atoms with Crippen LogP contribution in [0.25, 0.3) is 0 Å². The lowest BCUT2D eigenvalue weighted by atomic mass is 9.98. The second kappa shape index (κ2) is 8.42. The summed E-state index contributed by atoms with van der Waals surface area (Å²) in [7, 11) is -1.58. The Morgan fingerprint density at radius 3 is 2.48 bits per heavy atom. The SMILES string of the molecule is CNCCC(=O)NCC1CCN(S(=O)(=O)c2ccccc2)CC1. The van der Waals surface area contributed by atoms with Gasteiger partial charge in [0.05, 0.1) is 4.90 Å². The zero-order chi connectivity index (χ0) is 16.7. The molecule has 7 heteroatoms. The van der Waals surface area contributed by atoms with E-state index in [1.807, 2.05) is 13.1 Å². The Balaban J connectivity index is 1.81. The number of hydrogen-bond acceptors (Lipinski definition) is 4. The van der Waals surface area contributed by atoms with Crippen LogP contribution in [0.15, 0.2) is 35.2 Å². The minimum atomic E-state index is -3.39. The molecule has 0 spiro atoms. The molecule has 6 nitrogen and oxygen atoms in total. The van der Waals surface area contributed by atoms with Crippen molar-refractivity contribution in [2.45, 2.75) is 24.2 Å². The summed E-state index contributed by atoms with van der Waals surface area (Å²) >= 11 is 0. The quantitative estimate of drug-likeness (QED) is 0.771. The highest BCUT2D eigenvalue weighted by atomic mass is 32.2. The van der Waals surface area contributed by atoms with E-state index >= 15 is 0 Å². The first-order valence-corrected chi connectivity index (χ1v) is 9.44. The summed E-state index contributed by atoms with van der Waals surface area (Å²) in [6, 6.07) is 8.54. The molecule has 1 fully saturated rings. The highest BCUT2D eigenvalue weighted by Gasteiger charge is 2.29. The van der Waals surface area contributed by atoms with Gasteiger partial charge in [0.2, 0.25) is 15.9 Å². The predicted molar refractivity (Wildman–Crippen MR) is 89.5 cm³/mol. The summed E-state index contributed by atoms with van der Waals surface area (Å²) in [5, 5.41) is 5.87. The summed E-state index contributed by atoms with van der Waals surface area (Å²) in [5.74, 6) is 0.384. The molecule has 128 valence electrons. The Kier molecular flexibility index (Phi) is 6.56. The lowest BCUT2D eigenvalue weighted by molar-refractivity contribution is -0.121. The number of hydrogen-bond donors (Lipinski definition) is 2. The lowest BCUT2D eigenvalue weighted by Crippen LogP contribution is -2.41. The van der Waals surface area contributed by atoms with Crippen molar-refractivity contribution in [3.63, 3.8) is 0 Å². The molecule has 0 bridgehead atoms. The van der Waals surface area contributed by atoms with Gasteiger partial charge in [-0.25, -0.2) is 8.42 Å². The minimum absolute atomic E-state index is 0.0405. The Labute approximate surface area is 138 Å². The number of amides is 1. The van der Waals surface area contributed by atoms with Crippen LogP contribution in [0, 0.1) is 5.92 Å². The van der Waals surface area contributed by atoms with Crippen LogP contribution in [0.4, 0.5) is 0 Å². The van der Waals surface area contributed by atoms with Crippen molar-refractivity contribution in [1.29, 1.82) is 0 Å². The third kappa shape index (κ3) is 5.02. The van der Waals surface area contributed by atoms with Gasteiger partial charge in [-0.2, -0.15) is 4.31 Å². The normalized spacial score (nSPS) is 17.1. The molecule has 2 rings (SSSR count). The maximum atomic E-state index is 12.5. The third-order valence-corrected chi connectivity index (χ3v) is 6.06. The number of nitrogens with one attached hydrogen (secondary N) is 2. The standard InChI is InChI=1S/C16H25N3O3S/c1-17-10-7-16(20)18-13-14-8-11-19(12-9-14)23(21,22)15-5-3-2-4-6-15/h2-6,14,17H,7-13H2,1H3,(H,18,20). The topological polar surface area (TPSA) is 78.5 Å². The van der Waals surface area contributed by atoms with Crippen molar-refractivity contribution in [2.75, 3.05) is 33.2 Å². The molecule has 2 N–H and O–H groups in total. The maximum Gasteiger partial charge on any atom is 0.243 e. The van der Waals surface area contributed by atoms with E-state index in [0.717, 1.165) is 12.8 Å². The van der Waals surface area contributed by atoms with Crippen LogP contribution in [0.1, 0.15) is 19.3 Å². The molecule has 1 amide bonds. The van der Waals surface area contributed by atoms with Crippen LogP contribution < -0.4 is 10.6 Å². The monoisotopic (exact) mass is 339 g/mol. The number of benzene rings is 1. The van der Waals surface area contributed by atoms with Gasteiger partial charge in [-0.1, -0.05) is 18.2 Å². The fraction of sp³-hybridized carbons (Fsp3) is 0.562. The van der Waals surface area contributed by atoms with E-state index in [1.165, 1.54) is 0 Å². The van der Waals surface area contributed by atoms with Crippen molar-refractivity contribution in [1.82, 2.24) is 14.9 Å². The van der Waals surface area contributed by atoms with Crippen LogP contribution in [-0.2, 0) is 14.8 Å². The van der Waals surface area contributed by atoms with E-state index in [9.17, 15) is 13.2 Å². The van der Waals surface area contributed by atoms with E-state index in [2.05, 4.69) is 10.6 Å². The highest BCUT2D eigenvalue weighted by molar-refractivity contribution is 7.89. The molecule has 1 aliphatic rings. The minimum Gasteiger partial charge on any atom is -0.356 e. The molecule has 1 aliphatic heterocycles. The molecule has 1 aromatic carbocycles. The highest BCUT2D eigenvalue weighted by Crippen LogP contribution is 2.23. The van der Waals surface area contributed by atoms with Gasteiger partial charge in [-0.15, -0.1) is 0 Å². The number of nitrogens with zero attached hydrogens (tertiary/aromatic N) is 1. The number of carbonyl (C=O) groups excluding carboxylic acids is 1. The average Bonchev–Trinajstić information content (AvgIpc) is 2.59. The zero-order valence-corrected chi connectivity index (χ0v) is 14.3. The number of carbonyl (C=O) groups is 1. The van der Waals surface area contributed by atoms with Crippen LogP contribution in [0.3, 0.4) is 0 Å². The molecular weight excluding hydrogens is 314 g/mol. The van der Waals surface area contributed by atoms with Crippen molar-refractivity contribution in [3.05, 3.63) is 30.3 Å². The maximum absolute atomic E-state index is 12.5. The molecule has 0 atom stereocenters. The smallest absolute Gasteiger partial charge is 0.243 e. The molecule has 0 radical (unpaired) electrons. The largest absolute Gasteiger partial charge is 0.356 e. The number of piperidine rings is 1. The first-order valence-electron chi connectivity index (χ1n) is 8.00. The van der Waals surface area contributed by atoms with Crippen molar-refractivity contribution < 1.29 is 13.2 Å². The fourth-order valence-electron chi connectivity index (χ4n) is 2.68. The van der Waals surface area contributed by atoms with E-state index in [0.29, 0.717) is 43.4 Å². The van der Waals surface area contributed by atoms with Gasteiger partial charge >= 0.3 is 0 Å². The Hall–Kier alpha value is -1.44. The predicted octanol–water partition coefficient (Wildman–Crippen LogP) is 0.813. The van der Waals surface area contributed by atoms with Crippen LogP contribution >= 0.6 is 0 Å². The van der Waals surface area contributed by atoms with Gasteiger partial charge < -0.3 is 10.6 Å². The number of rotatable bonds is 7. The molecule has 0 saturated carbocycles. The van der Waals surface area contributed by atoms with Gasteiger partial charge in [0.15, 0.2) is 0 Å². The Morgan fingerprint density at radius 1 is 1.22 bits per heavy atom. The molecule has 1 heterocycles. The van der Waals surface area contributed by atoms with Crippen molar-refractivity contribution in [2.24, 2.45) is 5.92 Å². The zero-order valence-electron chi connectivity index (χ0n) is 13.5. The van der Waals surface area contributed by atoms with Gasteiger partial charge in [0.25, 0.3) is 0 Å². The van der Waals surface area contributed by atoms with Gasteiger partial charge in [-0.05, 0) is 37.9 Å². The summed E-state index contributed by atoms with van der Waals surface area (Å²) in [6.45, 7) is 2.31. The van der Waals surface area contributed by atoms with Crippen LogP contribution in [0.5, 0.6) is 0 Å². The van der Waals surface area contributed by atoms with E-state index < -0.39 is 10.0 Å². The average molecular weight is 339 g/mol. The summed E-state index contributed by atoms with van der Waals surface area (Å²) in [4.78, 5) is 11.9. The molecule has 0 unspecified atom stereocenters. The fourth-order valence-corrected chi connectivity index (χ4v) is 4.17. The Morgan fingerprint density at radius 2 is 1.87 bits per heavy atom. The van der Waals surface area contributed by atoms with Crippen LogP contribution in [0.2, 0.25) is 0 Å². The second-order valence-corrected chi connectivity index (χ2v) is 7.76. The summed E-state index contributed by atoms with van der Waals surface area (Å²) in [6.07, 6.45) is 2.02. The molecular formula is C16H25N3O3S. The lowest BCUT2D eigenvalue weighted by Gasteiger charge is -2.31. The van der Waals surface area contributed by atoms with E-state index in [4.69, 9.17) is 0 Å². The van der Waals surface area contributed by atoms with E-state index in [1.54, 1.807) is 28.6 Å². The molecule has 0 aliphatic carbocycles. The van der Waals surface area contributed by atoms with E-state index in [-0.39, 0.29) is 5.91 Å². The van der Waals surface area contributed by atoms with Gasteiger partial charge in [0, 0.05) is 32.6 Å². The number of sulfonamides is 1. The molecule has 1 saturated heterocycles. The van der Waals surface area contributed by atoms with Crippen LogP contribution in [-0.4, -0.2) is 51.9 Å². The van der Waals surface area contributed by atoms with Gasteiger partial charge in [-0.3, -0.25) is 4.79 Å². The third-order valence-electron chi connectivity index (χ3n) is 4.14. The van der Waals surface area contributed by atoms with Gasteiger partial charge in [0.1, 0.15) is 0 Å². The van der Waals surface area contributed by atoms with Crippen molar-refractivity contribution >= 4 is 15.9 Å². The van der Waals surface area contributed by atoms with Crippen molar-refractivity contribution in [3.8, 4) is 0 Å². The molecule has 0 aromatic heterocycles. The summed E-state index contributed by atoms with van der Waals surface area (Å²) < 4.78 is 26.6. The summed E-state index contributed by atoms with van der Waals surface area (Å²) in [5.41, 5.74) is 0. The first kappa shape index (κ1) is 17.9. The molecule has 23 heavy (non-hydrogen) atoms. The second-order valence-electron chi connectivity index (χ2n) is 5.82. The Bertz CT molecular complexity index is 596. The molecule has 1 aromatic rings.